The van der Waals surface area contributed by atoms with Gasteiger partial charge in [-0.15, -0.1) is 0 Å². The van der Waals surface area contributed by atoms with Crippen molar-refractivity contribution < 1.29 is 4.39 Å². The number of benzene rings is 1. The average molecular weight is 288 g/mol. The highest BCUT2D eigenvalue weighted by Gasteiger charge is 2.11. The van der Waals surface area contributed by atoms with E-state index in [1.807, 2.05) is 6.92 Å². The summed E-state index contributed by atoms with van der Waals surface area (Å²) in [7, 11) is 1.77. The van der Waals surface area contributed by atoms with E-state index in [9.17, 15) is 4.39 Å². The van der Waals surface area contributed by atoms with Crippen molar-refractivity contribution in [1.82, 2.24) is 9.78 Å². The quantitative estimate of drug-likeness (QED) is 0.931. The van der Waals surface area contributed by atoms with Crippen LogP contribution in [0.2, 0.25) is 10.2 Å². The average Bonchev–Trinajstić information content (AvgIpc) is 2.53. The van der Waals surface area contributed by atoms with Crippen molar-refractivity contribution in [3.8, 4) is 0 Å². The predicted octanol–water partition coefficient (Wildman–Crippen LogP) is 3.79. The summed E-state index contributed by atoms with van der Waals surface area (Å²) in [6, 6.07) is 4.49. The topological polar surface area (TPSA) is 29.9 Å². The number of hydrogen-bond donors (Lipinski definition) is 1. The van der Waals surface area contributed by atoms with Gasteiger partial charge in [0.2, 0.25) is 0 Å². The first-order valence-corrected chi connectivity index (χ1v) is 6.11. The maximum absolute atomic E-state index is 13.6. The van der Waals surface area contributed by atoms with E-state index in [0.29, 0.717) is 22.4 Å². The molecule has 0 aliphatic rings. The number of aromatic nitrogens is 2. The molecule has 0 amide bonds. The maximum Gasteiger partial charge on any atom is 0.147 e. The number of hydrogen-bond acceptors (Lipinski definition) is 2. The van der Waals surface area contributed by atoms with Gasteiger partial charge in [0.15, 0.2) is 0 Å². The number of aryl methyl sites for hydroxylation is 2. The van der Waals surface area contributed by atoms with E-state index in [0.717, 1.165) is 11.3 Å². The van der Waals surface area contributed by atoms with Crippen LogP contribution in [0.15, 0.2) is 18.2 Å². The highest BCUT2D eigenvalue weighted by Crippen LogP contribution is 2.23. The molecule has 0 fully saturated rings. The Morgan fingerprint density at radius 2 is 2.11 bits per heavy atom. The summed E-state index contributed by atoms with van der Waals surface area (Å²) in [6.07, 6.45) is 0. The Morgan fingerprint density at radius 3 is 2.67 bits per heavy atom. The van der Waals surface area contributed by atoms with Gasteiger partial charge in [-0.3, -0.25) is 4.68 Å². The molecule has 96 valence electrons. The van der Waals surface area contributed by atoms with Gasteiger partial charge < -0.3 is 5.32 Å². The zero-order chi connectivity index (χ0) is 13.3. The molecule has 6 heteroatoms. The SMILES string of the molecule is Cc1nn(C)c(Cl)c1CNc1ccc(Cl)cc1F. The lowest BCUT2D eigenvalue weighted by molar-refractivity contribution is 0.630. The van der Waals surface area contributed by atoms with E-state index < -0.39 is 0 Å². The third kappa shape index (κ3) is 2.60. The Balaban J connectivity index is 2.16. The van der Waals surface area contributed by atoms with Gasteiger partial charge in [-0.1, -0.05) is 23.2 Å². The monoisotopic (exact) mass is 287 g/mol. The summed E-state index contributed by atoms with van der Waals surface area (Å²) in [6.45, 7) is 2.28. The highest BCUT2D eigenvalue weighted by atomic mass is 35.5. The predicted molar refractivity (Wildman–Crippen MR) is 71.7 cm³/mol. The van der Waals surface area contributed by atoms with E-state index in [2.05, 4.69) is 10.4 Å². The maximum atomic E-state index is 13.6. The fourth-order valence-electron chi connectivity index (χ4n) is 1.69. The van der Waals surface area contributed by atoms with Crippen LogP contribution in [0.3, 0.4) is 0 Å². The molecule has 18 heavy (non-hydrogen) atoms. The highest BCUT2D eigenvalue weighted by molar-refractivity contribution is 6.30. The van der Waals surface area contributed by atoms with Crippen LogP contribution in [0.25, 0.3) is 0 Å². The fraction of sp³-hybridized carbons (Fsp3) is 0.250. The Bertz CT molecular complexity index is 581. The second kappa shape index (κ2) is 5.16. The van der Waals surface area contributed by atoms with Crippen molar-refractivity contribution >= 4 is 28.9 Å². The van der Waals surface area contributed by atoms with Crippen LogP contribution in [0, 0.1) is 12.7 Å². The summed E-state index contributed by atoms with van der Waals surface area (Å²) >= 11 is 11.8. The molecule has 0 spiro atoms. The zero-order valence-electron chi connectivity index (χ0n) is 9.97. The smallest absolute Gasteiger partial charge is 0.147 e. The Morgan fingerprint density at radius 1 is 1.39 bits per heavy atom. The second-order valence-corrected chi connectivity index (χ2v) is 4.75. The zero-order valence-corrected chi connectivity index (χ0v) is 11.5. The molecule has 1 aromatic heterocycles. The molecule has 0 saturated carbocycles. The van der Waals surface area contributed by atoms with Crippen molar-refractivity contribution in [2.75, 3.05) is 5.32 Å². The molecule has 0 aliphatic heterocycles. The van der Waals surface area contributed by atoms with Crippen LogP contribution in [0.1, 0.15) is 11.3 Å². The fourth-order valence-corrected chi connectivity index (χ4v) is 2.09. The first-order valence-electron chi connectivity index (χ1n) is 5.36. The van der Waals surface area contributed by atoms with E-state index >= 15 is 0 Å². The number of nitrogens with one attached hydrogen (secondary N) is 1. The van der Waals surface area contributed by atoms with Crippen molar-refractivity contribution in [2.24, 2.45) is 7.05 Å². The van der Waals surface area contributed by atoms with Gasteiger partial charge in [0, 0.05) is 24.2 Å². The van der Waals surface area contributed by atoms with E-state index in [1.165, 1.54) is 6.07 Å². The molecule has 2 rings (SSSR count). The number of rotatable bonds is 3. The lowest BCUT2D eigenvalue weighted by Gasteiger charge is -2.07. The molecular weight excluding hydrogens is 276 g/mol. The Labute approximate surface area is 115 Å². The van der Waals surface area contributed by atoms with Crippen molar-refractivity contribution in [3.63, 3.8) is 0 Å². The summed E-state index contributed by atoms with van der Waals surface area (Å²) < 4.78 is 15.1. The van der Waals surface area contributed by atoms with Gasteiger partial charge in [0.05, 0.1) is 11.4 Å². The van der Waals surface area contributed by atoms with Crippen LogP contribution < -0.4 is 5.32 Å². The molecule has 0 bridgehead atoms. The summed E-state index contributed by atoms with van der Waals surface area (Å²) in [5, 5.41) is 8.09. The summed E-state index contributed by atoms with van der Waals surface area (Å²) in [5.74, 6) is -0.389. The third-order valence-corrected chi connectivity index (χ3v) is 3.36. The number of anilines is 1. The van der Waals surface area contributed by atoms with Crippen molar-refractivity contribution in [2.45, 2.75) is 13.5 Å². The number of halogens is 3. The van der Waals surface area contributed by atoms with Crippen LogP contribution in [-0.4, -0.2) is 9.78 Å². The Kier molecular flexibility index (Phi) is 3.78. The number of nitrogens with zero attached hydrogens (tertiary/aromatic N) is 2. The third-order valence-electron chi connectivity index (χ3n) is 2.66. The molecule has 1 heterocycles. The molecule has 2 aromatic rings. The minimum atomic E-state index is -0.389. The van der Waals surface area contributed by atoms with Gasteiger partial charge >= 0.3 is 0 Å². The van der Waals surface area contributed by atoms with Crippen molar-refractivity contribution in [3.05, 3.63) is 45.4 Å². The molecule has 0 atom stereocenters. The van der Waals surface area contributed by atoms with Crippen LogP contribution in [0.5, 0.6) is 0 Å². The lowest BCUT2D eigenvalue weighted by Crippen LogP contribution is -2.02. The molecule has 1 aromatic carbocycles. The van der Waals surface area contributed by atoms with E-state index in [-0.39, 0.29) is 5.82 Å². The minimum Gasteiger partial charge on any atom is -0.378 e. The van der Waals surface area contributed by atoms with Crippen LogP contribution >= 0.6 is 23.2 Å². The summed E-state index contributed by atoms with van der Waals surface area (Å²) in [4.78, 5) is 0. The molecule has 0 aliphatic carbocycles. The molecule has 3 nitrogen and oxygen atoms in total. The lowest BCUT2D eigenvalue weighted by atomic mass is 10.2. The molecule has 0 saturated heterocycles. The molecule has 1 N–H and O–H groups in total. The normalized spacial score (nSPS) is 10.7. The Hall–Kier alpha value is -1.26. The molecule has 0 unspecified atom stereocenters. The standard InChI is InChI=1S/C12H12Cl2FN3/c1-7-9(12(14)18(2)17-7)6-16-11-4-3-8(13)5-10(11)15/h3-5,16H,6H2,1-2H3. The van der Waals surface area contributed by atoms with Gasteiger partial charge in [0.25, 0.3) is 0 Å². The second-order valence-electron chi connectivity index (χ2n) is 3.96. The van der Waals surface area contributed by atoms with Crippen LogP contribution in [0.4, 0.5) is 10.1 Å². The van der Waals surface area contributed by atoms with Gasteiger partial charge in [-0.25, -0.2) is 4.39 Å². The molecule has 0 radical (unpaired) electrons. The van der Waals surface area contributed by atoms with Crippen molar-refractivity contribution in [1.29, 1.82) is 0 Å². The van der Waals surface area contributed by atoms with Gasteiger partial charge in [-0.05, 0) is 25.1 Å². The first-order chi connectivity index (χ1) is 8.49. The van der Waals surface area contributed by atoms with Gasteiger partial charge in [0.1, 0.15) is 11.0 Å². The largest absolute Gasteiger partial charge is 0.378 e. The van der Waals surface area contributed by atoms with E-state index in [1.54, 1.807) is 23.9 Å². The van der Waals surface area contributed by atoms with E-state index in [4.69, 9.17) is 23.2 Å². The summed E-state index contributed by atoms with van der Waals surface area (Å²) in [5.41, 5.74) is 2.07. The van der Waals surface area contributed by atoms with Crippen LogP contribution in [-0.2, 0) is 13.6 Å². The first kappa shape index (κ1) is 13.2. The molecular formula is C12H12Cl2FN3. The van der Waals surface area contributed by atoms with Gasteiger partial charge in [-0.2, -0.15) is 5.10 Å². The minimum absolute atomic E-state index is 0.369.